The second-order valence-electron chi connectivity index (χ2n) is 13.8. The lowest BCUT2D eigenvalue weighted by Gasteiger charge is -2.29. The Morgan fingerprint density at radius 1 is 0.737 bits per heavy atom. The van der Waals surface area contributed by atoms with Gasteiger partial charge in [0.1, 0.15) is 18.5 Å². The van der Waals surface area contributed by atoms with Gasteiger partial charge in [0, 0.05) is 17.0 Å². The molecule has 0 amide bonds. The van der Waals surface area contributed by atoms with Gasteiger partial charge in [-0.1, -0.05) is 77.9 Å². The summed E-state index contributed by atoms with van der Waals surface area (Å²) in [4.78, 5) is 0. The molecule has 2 heterocycles. The van der Waals surface area contributed by atoms with Crippen molar-refractivity contribution in [3.8, 4) is 22.8 Å². The van der Waals surface area contributed by atoms with E-state index in [2.05, 4.69) is 122 Å². The van der Waals surface area contributed by atoms with Gasteiger partial charge in [0.15, 0.2) is 6.20 Å². The van der Waals surface area contributed by atoms with Crippen LogP contribution in [-0.2, 0) is 19.9 Å². The number of aryl methyl sites for hydroxylation is 3. The summed E-state index contributed by atoms with van der Waals surface area (Å²) >= 11 is 0. The Hall–Kier alpha value is -3.39. The van der Waals surface area contributed by atoms with Crippen LogP contribution in [0.25, 0.3) is 43.6 Å². The van der Waals surface area contributed by atoms with Crippen LogP contribution in [-0.4, -0.2) is 0 Å². The van der Waals surface area contributed by atoms with Crippen LogP contribution in [0.15, 0.2) is 54.7 Å². The van der Waals surface area contributed by atoms with Gasteiger partial charge in [-0.3, -0.25) is 0 Å². The third-order valence-corrected chi connectivity index (χ3v) is 8.07. The van der Waals surface area contributed by atoms with Gasteiger partial charge in [0.25, 0.3) is 0 Å². The molecule has 6 rings (SSSR count). The molecule has 0 bridgehead atoms. The molecule has 1 aliphatic heterocycles. The van der Waals surface area contributed by atoms with Crippen molar-refractivity contribution in [1.82, 2.24) is 0 Å². The number of hydrogen-bond acceptors (Lipinski definition) is 1. The Kier molecular flexibility index (Phi) is 5.44. The molecule has 2 nitrogen and oxygen atoms in total. The molecule has 194 valence electrons. The summed E-state index contributed by atoms with van der Waals surface area (Å²) in [5, 5.41) is 7.83. The van der Waals surface area contributed by atoms with E-state index in [-0.39, 0.29) is 10.8 Å². The first-order valence-corrected chi connectivity index (χ1v) is 13.9. The quantitative estimate of drug-likeness (QED) is 0.170. The fourth-order valence-corrected chi connectivity index (χ4v) is 6.55. The second kappa shape index (κ2) is 8.30. The summed E-state index contributed by atoms with van der Waals surface area (Å²) in [6.07, 6.45) is 4.23. The van der Waals surface area contributed by atoms with Gasteiger partial charge >= 0.3 is 0 Å². The third kappa shape index (κ3) is 3.88. The first kappa shape index (κ1) is 24.9. The third-order valence-electron chi connectivity index (χ3n) is 8.07. The SMILES string of the molecule is Cc1c2c(c(CC(C)(C)C)c3ccccc13)Oc1cc3c(C)ccc(CC(C)(C)C)c3c3cc[n+](C)c-2c13. The summed E-state index contributed by atoms with van der Waals surface area (Å²) in [5.74, 6) is 2.02. The molecule has 0 saturated carbocycles. The van der Waals surface area contributed by atoms with E-state index in [4.69, 9.17) is 4.74 Å². The van der Waals surface area contributed by atoms with E-state index < -0.39 is 0 Å². The Morgan fingerprint density at radius 3 is 2.11 bits per heavy atom. The molecule has 4 aromatic carbocycles. The summed E-state index contributed by atoms with van der Waals surface area (Å²) in [7, 11) is 2.18. The van der Waals surface area contributed by atoms with Gasteiger partial charge in [-0.05, 0) is 81.8 Å². The van der Waals surface area contributed by atoms with Crippen LogP contribution in [0.2, 0.25) is 0 Å². The van der Waals surface area contributed by atoms with Crippen molar-refractivity contribution in [3.63, 3.8) is 0 Å². The zero-order valence-electron chi connectivity index (χ0n) is 24.5. The minimum atomic E-state index is 0.130. The normalized spacial score (nSPS) is 13.3. The lowest BCUT2D eigenvalue weighted by Crippen LogP contribution is -2.32. The average molecular weight is 503 g/mol. The molecule has 0 fully saturated rings. The van der Waals surface area contributed by atoms with E-state index >= 15 is 0 Å². The Bertz CT molecular complexity index is 1780. The van der Waals surface area contributed by atoms with Crippen LogP contribution in [0.5, 0.6) is 11.5 Å². The predicted molar refractivity (Wildman–Crippen MR) is 161 cm³/mol. The highest BCUT2D eigenvalue weighted by Crippen LogP contribution is 2.53. The van der Waals surface area contributed by atoms with Gasteiger partial charge in [0.2, 0.25) is 5.69 Å². The van der Waals surface area contributed by atoms with E-state index in [1.54, 1.807) is 0 Å². The number of nitrogens with zero attached hydrogens (tertiary/aromatic N) is 1. The summed E-state index contributed by atoms with van der Waals surface area (Å²) in [6, 6.07) is 18.1. The summed E-state index contributed by atoms with van der Waals surface area (Å²) in [5.41, 5.74) is 8.16. The number of pyridine rings is 1. The van der Waals surface area contributed by atoms with E-state index in [9.17, 15) is 0 Å². The van der Waals surface area contributed by atoms with Crippen molar-refractivity contribution in [2.75, 3.05) is 0 Å². The minimum absolute atomic E-state index is 0.130. The molecular formula is C36H40NO+. The van der Waals surface area contributed by atoms with Crippen LogP contribution in [0.3, 0.4) is 0 Å². The van der Waals surface area contributed by atoms with Crippen molar-refractivity contribution in [2.24, 2.45) is 17.9 Å². The lowest BCUT2D eigenvalue weighted by atomic mass is 9.81. The molecule has 0 unspecified atom stereocenters. The second-order valence-corrected chi connectivity index (χ2v) is 13.8. The van der Waals surface area contributed by atoms with Crippen molar-refractivity contribution >= 4 is 32.3 Å². The fourth-order valence-electron chi connectivity index (χ4n) is 6.55. The van der Waals surface area contributed by atoms with E-state index in [0.29, 0.717) is 0 Å². The maximum Gasteiger partial charge on any atom is 0.228 e. The van der Waals surface area contributed by atoms with Crippen LogP contribution in [0.4, 0.5) is 0 Å². The molecule has 1 aromatic heterocycles. The standard InChI is InChI=1S/C36H40NO/c1-21-14-15-23(19-35(3,4)5)31-26-16-17-37(9)33-30-22(2)24-12-10-11-13-25(24)28(20-36(6,7)8)34(30)38-29(32(26)33)18-27(21)31/h10-18H,19-20H2,1-9H3/q+1. The van der Waals surface area contributed by atoms with Crippen LogP contribution in [0, 0.1) is 24.7 Å². The van der Waals surface area contributed by atoms with E-state index in [1.165, 1.54) is 65.8 Å². The minimum Gasteiger partial charge on any atom is -0.455 e. The largest absolute Gasteiger partial charge is 0.455 e. The first-order chi connectivity index (χ1) is 17.8. The molecule has 0 atom stereocenters. The van der Waals surface area contributed by atoms with Crippen LogP contribution < -0.4 is 9.30 Å². The number of rotatable bonds is 2. The summed E-state index contributed by atoms with van der Waals surface area (Å²) < 4.78 is 9.37. The molecule has 38 heavy (non-hydrogen) atoms. The number of fused-ring (bicyclic) bond motifs is 5. The van der Waals surface area contributed by atoms with Gasteiger partial charge in [0.05, 0.1) is 10.9 Å². The maximum atomic E-state index is 7.06. The lowest BCUT2D eigenvalue weighted by molar-refractivity contribution is -0.659. The van der Waals surface area contributed by atoms with Gasteiger partial charge < -0.3 is 4.74 Å². The van der Waals surface area contributed by atoms with Crippen LogP contribution in [0.1, 0.15) is 63.8 Å². The number of hydrogen-bond donors (Lipinski definition) is 0. The van der Waals surface area contributed by atoms with Crippen molar-refractivity contribution in [2.45, 2.75) is 68.2 Å². The molecule has 2 heteroatoms. The highest BCUT2D eigenvalue weighted by Gasteiger charge is 2.34. The van der Waals surface area contributed by atoms with Crippen molar-refractivity contribution in [1.29, 1.82) is 0 Å². The zero-order valence-corrected chi connectivity index (χ0v) is 24.5. The molecule has 0 N–H and O–H groups in total. The molecule has 0 aliphatic carbocycles. The maximum absolute atomic E-state index is 7.06. The predicted octanol–water partition coefficient (Wildman–Crippen LogP) is 9.54. The van der Waals surface area contributed by atoms with Gasteiger partial charge in [-0.25, -0.2) is 4.57 Å². The topological polar surface area (TPSA) is 13.1 Å². The molecular weight excluding hydrogens is 462 g/mol. The van der Waals surface area contributed by atoms with Crippen molar-refractivity contribution in [3.05, 3.63) is 77.0 Å². The Morgan fingerprint density at radius 2 is 1.42 bits per heavy atom. The monoisotopic (exact) mass is 502 g/mol. The number of ether oxygens (including phenoxy) is 1. The Balaban J connectivity index is 1.79. The van der Waals surface area contributed by atoms with Crippen LogP contribution >= 0.6 is 0 Å². The van der Waals surface area contributed by atoms with Gasteiger partial charge in [-0.2, -0.15) is 0 Å². The van der Waals surface area contributed by atoms with E-state index in [0.717, 1.165) is 24.3 Å². The van der Waals surface area contributed by atoms with E-state index in [1.807, 2.05) is 0 Å². The Labute approximate surface area is 227 Å². The van der Waals surface area contributed by atoms with Gasteiger partial charge in [-0.15, -0.1) is 0 Å². The molecule has 1 aliphatic rings. The molecule has 0 spiro atoms. The molecule has 5 aromatic rings. The first-order valence-electron chi connectivity index (χ1n) is 13.9. The zero-order chi connectivity index (χ0) is 27.1. The molecule has 0 radical (unpaired) electrons. The smallest absolute Gasteiger partial charge is 0.228 e. The summed E-state index contributed by atoms with van der Waals surface area (Å²) in [6.45, 7) is 18.4. The molecule has 0 saturated heterocycles. The fraction of sp³-hybridized carbons (Fsp3) is 0.361. The number of aromatic nitrogens is 1. The van der Waals surface area contributed by atoms with Crippen molar-refractivity contribution < 1.29 is 9.30 Å². The average Bonchev–Trinajstić information content (AvgIpc) is 2.83. The highest BCUT2D eigenvalue weighted by molar-refractivity contribution is 6.17. The highest BCUT2D eigenvalue weighted by atomic mass is 16.5. The number of benzene rings is 4.